The van der Waals surface area contributed by atoms with E-state index in [0.29, 0.717) is 10.7 Å². The van der Waals surface area contributed by atoms with Gasteiger partial charge < -0.3 is 0 Å². The van der Waals surface area contributed by atoms with E-state index >= 15 is 0 Å². The molecule has 1 saturated heterocycles. The van der Waals surface area contributed by atoms with Gasteiger partial charge in [-0.2, -0.15) is 0 Å². The van der Waals surface area contributed by atoms with Crippen LogP contribution < -0.4 is 4.90 Å². The average Bonchev–Trinajstić information content (AvgIpc) is 3.19. The second kappa shape index (κ2) is 7.99. The molecule has 4 aromatic rings. The van der Waals surface area contributed by atoms with E-state index in [0.717, 1.165) is 33.5 Å². The Kier molecular flexibility index (Phi) is 4.79. The number of aliphatic imine (C=N–C) groups is 1. The second-order valence-corrected chi connectivity index (χ2v) is 10.5. The molecule has 3 aliphatic carbocycles. The highest BCUT2D eigenvalue weighted by Gasteiger charge is 2.68. The van der Waals surface area contributed by atoms with E-state index in [9.17, 15) is 9.59 Å². The minimum Gasteiger partial charge on any atom is -0.274 e. The second-order valence-electron chi connectivity index (χ2n) is 10.1. The maximum Gasteiger partial charge on any atom is 0.239 e. The molecule has 2 bridgehead atoms. The zero-order chi connectivity index (χ0) is 25.3. The first kappa shape index (κ1) is 22.2. The summed E-state index contributed by atoms with van der Waals surface area (Å²) in [7, 11) is 0. The van der Waals surface area contributed by atoms with Crippen LogP contribution in [-0.4, -0.2) is 18.0 Å². The molecule has 1 aliphatic heterocycles. The van der Waals surface area contributed by atoms with Gasteiger partial charge in [-0.25, -0.2) is 4.90 Å². The molecule has 0 unspecified atom stereocenters. The van der Waals surface area contributed by atoms with Crippen molar-refractivity contribution in [1.82, 2.24) is 0 Å². The van der Waals surface area contributed by atoms with Gasteiger partial charge in [-0.3, -0.25) is 14.6 Å². The minimum atomic E-state index is -0.889. The number of carbonyl (C=O) groups excluding carboxylic acids is 2. The Hall–Kier alpha value is -4.02. The molecule has 5 heteroatoms. The number of amides is 2. The van der Waals surface area contributed by atoms with Crippen molar-refractivity contribution < 1.29 is 9.59 Å². The van der Waals surface area contributed by atoms with Gasteiger partial charge in [0.15, 0.2) is 0 Å². The van der Waals surface area contributed by atoms with E-state index in [-0.39, 0.29) is 17.7 Å². The molecule has 8 rings (SSSR count). The van der Waals surface area contributed by atoms with Gasteiger partial charge in [-0.15, -0.1) is 0 Å². The van der Waals surface area contributed by atoms with Crippen LogP contribution in [0.25, 0.3) is 0 Å². The zero-order valence-electron chi connectivity index (χ0n) is 20.1. The van der Waals surface area contributed by atoms with Gasteiger partial charge in [0.25, 0.3) is 0 Å². The number of nitrogens with zero attached hydrogens (tertiary/aromatic N) is 2. The third kappa shape index (κ3) is 2.93. The van der Waals surface area contributed by atoms with Crippen molar-refractivity contribution in [2.24, 2.45) is 16.8 Å². The minimum absolute atomic E-state index is 0.204. The van der Waals surface area contributed by atoms with Crippen LogP contribution in [0, 0.1) is 18.8 Å². The topological polar surface area (TPSA) is 49.7 Å². The Morgan fingerprint density at radius 1 is 0.784 bits per heavy atom. The van der Waals surface area contributed by atoms with Crippen LogP contribution in [0.1, 0.15) is 33.7 Å². The van der Waals surface area contributed by atoms with Crippen molar-refractivity contribution in [3.8, 4) is 0 Å². The molecule has 4 nitrogen and oxygen atoms in total. The highest BCUT2D eigenvalue weighted by Crippen LogP contribution is 2.64. The molecular formula is C32H23ClN2O2. The number of benzene rings is 4. The number of hydrogen-bond acceptors (Lipinski definition) is 3. The fraction of sp³-hybridized carbons (Fsp3) is 0.156. The van der Waals surface area contributed by atoms with E-state index < -0.39 is 17.3 Å². The summed E-state index contributed by atoms with van der Waals surface area (Å²) in [5.74, 6) is -1.81. The molecule has 2 amide bonds. The molecule has 1 fully saturated rings. The van der Waals surface area contributed by atoms with E-state index in [2.05, 4.69) is 24.3 Å². The predicted molar refractivity (Wildman–Crippen MR) is 146 cm³/mol. The smallest absolute Gasteiger partial charge is 0.239 e. The molecule has 0 saturated carbocycles. The van der Waals surface area contributed by atoms with E-state index in [4.69, 9.17) is 16.6 Å². The number of halogens is 1. The monoisotopic (exact) mass is 502 g/mol. The summed E-state index contributed by atoms with van der Waals surface area (Å²) in [5, 5.41) is 0.382. The lowest BCUT2D eigenvalue weighted by atomic mass is 9.47. The molecular weight excluding hydrogens is 480 g/mol. The Bertz CT molecular complexity index is 1580. The molecule has 1 heterocycles. The Balaban J connectivity index is 1.51. The molecule has 180 valence electrons. The van der Waals surface area contributed by atoms with Crippen LogP contribution in [0.15, 0.2) is 102 Å². The van der Waals surface area contributed by atoms with E-state index in [1.165, 1.54) is 4.90 Å². The van der Waals surface area contributed by atoms with Crippen LogP contribution in [0.3, 0.4) is 0 Å². The SMILES string of the molecule is Cc1ccc(N=CC23c4ccccc4C(c4ccccc42)[C@@H]2C(=O)N(c4ccccc4Cl)C(=O)[C@@H]23)cc1. The Labute approximate surface area is 220 Å². The molecule has 0 aromatic heterocycles. The first-order valence-electron chi connectivity index (χ1n) is 12.5. The fourth-order valence-corrected chi connectivity index (χ4v) is 6.95. The van der Waals surface area contributed by atoms with Gasteiger partial charge in [-0.05, 0) is 53.4 Å². The molecule has 0 spiro atoms. The van der Waals surface area contributed by atoms with Crippen molar-refractivity contribution in [3.63, 3.8) is 0 Å². The van der Waals surface area contributed by atoms with Crippen LogP contribution in [0.5, 0.6) is 0 Å². The summed E-state index contributed by atoms with van der Waals surface area (Å²) in [4.78, 5) is 34.8. The van der Waals surface area contributed by atoms with Gasteiger partial charge in [0.1, 0.15) is 0 Å². The lowest BCUT2D eigenvalue weighted by molar-refractivity contribution is -0.122. The Morgan fingerprint density at radius 2 is 1.38 bits per heavy atom. The van der Waals surface area contributed by atoms with Crippen molar-refractivity contribution in [2.45, 2.75) is 18.3 Å². The standard InChI is InChI=1S/C32H23ClN2O2/c1-19-14-16-20(17-15-19)34-18-32-23-10-4-2-8-21(23)27(22-9-3-5-11-24(22)32)28-29(32)31(37)35(30(28)36)26-13-7-6-12-25(26)33/h2-18,27-29H,1H3/t27?,28-,29+,32?/m0/s1. The van der Waals surface area contributed by atoms with Gasteiger partial charge in [0, 0.05) is 12.1 Å². The lowest BCUT2D eigenvalue weighted by Crippen LogP contribution is -2.54. The summed E-state index contributed by atoms with van der Waals surface area (Å²) in [6.45, 7) is 2.04. The third-order valence-corrected chi connectivity index (χ3v) is 8.55. The summed E-state index contributed by atoms with van der Waals surface area (Å²) < 4.78 is 0. The maximum absolute atomic E-state index is 14.4. The zero-order valence-corrected chi connectivity index (χ0v) is 20.9. The molecule has 0 N–H and O–H groups in total. The number of hydrogen-bond donors (Lipinski definition) is 0. The molecule has 2 atom stereocenters. The quantitative estimate of drug-likeness (QED) is 0.234. The van der Waals surface area contributed by atoms with Crippen molar-refractivity contribution in [3.05, 3.63) is 130 Å². The van der Waals surface area contributed by atoms with E-state index in [1.807, 2.05) is 61.7 Å². The summed E-state index contributed by atoms with van der Waals surface area (Å²) in [6, 6.07) is 31.5. The van der Waals surface area contributed by atoms with Crippen LogP contribution >= 0.6 is 11.6 Å². The maximum atomic E-state index is 14.4. The largest absolute Gasteiger partial charge is 0.274 e. The predicted octanol–water partition coefficient (Wildman–Crippen LogP) is 6.60. The van der Waals surface area contributed by atoms with Crippen molar-refractivity contribution in [1.29, 1.82) is 0 Å². The first-order valence-corrected chi connectivity index (χ1v) is 12.8. The highest BCUT2D eigenvalue weighted by molar-refractivity contribution is 6.36. The van der Waals surface area contributed by atoms with E-state index in [1.54, 1.807) is 24.3 Å². The van der Waals surface area contributed by atoms with Crippen molar-refractivity contribution >= 4 is 41.0 Å². The normalized spacial score (nSPS) is 25.4. The number of imide groups is 1. The lowest BCUT2D eigenvalue weighted by Gasteiger charge is -2.52. The molecule has 0 radical (unpaired) electrons. The van der Waals surface area contributed by atoms with Crippen molar-refractivity contribution in [2.75, 3.05) is 4.90 Å². The highest BCUT2D eigenvalue weighted by atomic mass is 35.5. The van der Waals surface area contributed by atoms with Crippen LogP contribution in [0.2, 0.25) is 5.02 Å². The van der Waals surface area contributed by atoms with Crippen LogP contribution in [-0.2, 0) is 15.0 Å². The molecule has 37 heavy (non-hydrogen) atoms. The number of anilines is 1. The number of carbonyl (C=O) groups is 2. The fourth-order valence-electron chi connectivity index (χ4n) is 6.73. The first-order chi connectivity index (χ1) is 18.0. The Morgan fingerprint density at radius 3 is 2.03 bits per heavy atom. The summed E-state index contributed by atoms with van der Waals surface area (Å²) in [6.07, 6.45) is 1.92. The molecule has 4 aliphatic rings. The number of para-hydroxylation sites is 1. The summed E-state index contributed by atoms with van der Waals surface area (Å²) >= 11 is 6.52. The van der Waals surface area contributed by atoms with Gasteiger partial charge >= 0.3 is 0 Å². The van der Waals surface area contributed by atoms with Gasteiger partial charge in [0.05, 0.1) is 33.6 Å². The summed E-state index contributed by atoms with van der Waals surface area (Å²) in [5.41, 5.74) is 5.75. The average molecular weight is 503 g/mol. The number of rotatable bonds is 3. The van der Waals surface area contributed by atoms with Crippen LogP contribution in [0.4, 0.5) is 11.4 Å². The third-order valence-electron chi connectivity index (χ3n) is 8.23. The van der Waals surface area contributed by atoms with Gasteiger partial charge in [-0.1, -0.05) is 90.0 Å². The number of aryl methyl sites for hydroxylation is 1. The molecule has 4 aromatic carbocycles. The van der Waals surface area contributed by atoms with Gasteiger partial charge in [0.2, 0.25) is 11.8 Å².